The molecule has 0 amide bonds. The Morgan fingerprint density at radius 1 is 1.58 bits per heavy atom. The van der Waals surface area contributed by atoms with Crippen LogP contribution < -0.4 is 5.73 Å². The second-order valence-corrected chi connectivity index (χ2v) is 2.90. The second kappa shape index (κ2) is 2.77. The van der Waals surface area contributed by atoms with E-state index >= 15 is 0 Å². The number of H-pyrrole nitrogens is 1. The first-order valence-electron chi connectivity index (χ1n) is 3.63. The zero-order chi connectivity index (χ0) is 8.55. The quantitative estimate of drug-likeness (QED) is 0.658. The Morgan fingerprint density at radius 3 is 3.17 bits per heavy atom. The van der Waals surface area contributed by atoms with Gasteiger partial charge in [-0.15, -0.1) is 0 Å². The summed E-state index contributed by atoms with van der Waals surface area (Å²) in [6.45, 7) is 0.406. The molecule has 12 heavy (non-hydrogen) atoms. The van der Waals surface area contributed by atoms with E-state index < -0.39 is 0 Å². The molecule has 0 saturated heterocycles. The van der Waals surface area contributed by atoms with Gasteiger partial charge in [-0.3, -0.25) is 0 Å². The Labute approximate surface area is 74.5 Å². The molecule has 2 rings (SSSR count). The fourth-order valence-corrected chi connectivity index (χ4v) is 1.46. The zero-order valence-electron chi connectivity index (χ0n) is 6.34. The number of nitrogens with one attached hydrogen (secondary N) is 1. The van der Waals surface area contributed by atoms with Gasteiger partial charge in [0, 0.05) is 29.9 Å². The summed E-state index contributed by atoms with van der Waals surface area (Å²) >= 11 is 5.85. The lowest BCUT2D eigenvalue weighted by Crippen LogP contribution is -1.99. The van der Waals surface area contributed by atoms with Gasteiger partial charge in [-0.1, -0.05) is 11.6 Å². The standard InChI is InChI=1S/C8H8ClN3/c9-8-6(3-10)7-5(4-12-8)1-2-11-7/h1-2,4,11H,3,10H2. The number of nitrogens with two attached hydrogens (primary N) is 1. The van der Waals surface area contributed by atoms with Crippen molar-refractivity contribution in [2.75, 3.05) is 0 Å². The largest absolute Gasteiger partial charge is 0.361 e. The van der Waals surface area contributed by atoms with Crippen molar-refractivity contribution >= 4 is 22.5 Å². The molecule has 0 radical (unpaired) electrons. The van der Waals surface area contributed by atoms with Crippen molar-refractivity contribution in [3.8, 4) is 0 Å². The minimum absolute atomic E-state index is 0.406. The molecular weight excluding hydrogens is 174 g/mol. The Kier molecular flexibility index (Phi) is 1.75. The number of rotatable bonds is 1. The molecular formula is C8H8ClN3. The fraction of sp³-hybridized carbons (Fsp3) is 0.125. The average molecular weight is 182 g/mol. The van der Waals surface area contributed by atoms with Crippen LogP contribution in [0.3, 0.4) is 0 Å². The first-order chi connectivity index (χ1) is 5.83. The Morgan fingerprint density at radius 2 is 2.42 bits per heavy atom. The number of fused-ring (bicyclic) bond motifs is 1. The van der Waals surface area contributed by atoms with Crippen molar-refractivity contribution in [1.29, 1.82) is 0 Å². The molecule has 0 aliphatic carbocycles. The zero-order valence-corrected chi connectivity index (χ0v) is 7.10. The van der Waals surface area contributed by atoms with Gasteiger partial charge in [0.2, 0.25) is 0 Å². The maximum Gasteiger partial charge on any atom is 0.135 e. The maximum atomic E-state index is 5.85. The third-order valence-electron chi connectivity index (χ3n) is 1.85. The molecule has 3 N–H and O–H groups in total. The van der Waals surface area contributed by atoms with Gasteiger partial charge in [0.25, 0.3) is 0 Å². The van der Waals surface area contributed by atoms with Crippen molar-refractivity contribution in [3.05, 3.63) is 29.2 Å². The van der Waals surface area contributed by atoms with Gasteiger partial charge in [0.1, 0.15) is 5.15 Å². The van der Waals surface area contributed by atoms with Crippen LogP contribution in [0.4, 0.5) is 0 Å². The number of hydrogen-bond donors (Lipinski definition) is 2. The molecule has 0 aliphatic rings. The van der Waals surface area contributed by atoms with E-state index in [4.69, 9.17) is 17.3 Å². The summed E-state index contributed by atoms with van der Waals surface area (Å²) in [7, 11) is 0. The summed E-state index contributed by atoms with van der Waals surface area (Å²) in [6, 6.07) is 1.94. The fourth-order valence-electron chi connectivity index (χ4n) is 1.24. The Bertz CT molecular complexity index is 408. The lowest BCUT2D eigenvalue weighted by atomic mass is 10.2. The van der Waals surface area contributed by atoms with Crippen molar-refractivity contribution in [3.63, 3.8) is 0 Å². The molecule has 2 aromatic rings. The first kappa shape index (κ1) is 7.58. The molecule has 0 aliphatic heterocycles. The molecule has 0 aromatic carbocycles. The number of aromatic amines is 1. The van der Waals surface area contributed by atoms with E-state index in [9.17, 15) is 0 Å². The minimum atomic E-state index is 0.406. The summed E-state index contributed by atoms with van der Waals surface area (Å²) in [5.74, 6) is 0. The van der Waals surface area contributed by atoms with Crippen LogP contribution in [0.2, 0.25) is 5.15 Å². The Hall–Kier alpha value is -1.06. The van der Waals surface area contributed by atoms with Gasteiger partial charge >= 0.3 is 0 Å². The summed E-state index contributed by atoms with van der Waals surface area (Å²) < 4.78 is 0. The SMILES string of the molecule is NCc1c(Cl)ncc2cc[nH]c12. The summed E-state index contributed by atoms with van der Waals surface area (Å²) in [6.07, 6.45) is 3.58. The van der Waals surface area contributed by atoms with Crippen molar-refractivity contribution in [2.45, 2.75) is 6.54 Å². The van der Waals surface area contributed by atoms with Crippen LogP contribution in [-0.2, 0) is 6.54 Å². The topological polar surface area (TPSA) is 54.7 Å². The lowest BCUT2D eigenvalue weighted by molar-refractivity contribution is 1.06. The first-order valence-corrected chi connectivity index (χ1v) is 4.01. The monoisotopic (exact) mass is 181 g/mol. The third-order valence-corrected chi connectivity index (χ3v) is 2.18. The molecule has 0 bridgehead atoms. The van der Waals surface area contributed by atoms with E-state index in [2.05, 4.69) is 9.97 Å². The molecule has 0 spiro atoms. The van der Waals surface area contributed by atoms with E-state index in [0.29, 0.717) is 11.7 Å². The maximum absolute atomic E-state index is 5.85. The number of hydrogen-bond acceptors (Lipinski definition) is 2. The summed E-state index contributed by atoms with van der Waals surface area (Å²) in [4.78, 5) is 7.09. The van der Waals surface area contributed by atoms with Crippen molar-refractivity contribution in [1.82, 2.24) is 9.97 Å². The van der Waals surface area contributed by atoms with Crippen LogP contribution in [0, 0.1) is 0 Å². The number of nitrogens with zero attached hydrogens (tertiary/aromatic N) is 1. The third kappa shape index (κ3) is 0.983. The second-order valence-electron chi connectivity index (χ2n) is 2.54. The number of pyridine rings is 1. The molecule has 0 fully saturated rings. The van der Waals surface area contributed by atoms with Gasteiger partial charge in [-0.25, -0.2) is 4.98 Å². The average Bonchev–Trinajstić information content (AvgIpc) is 2.52. The molecule has 0 unspecified atom stereocenters. The molecule has 2 aromatic heterocycles. The van der Waals surface area contributed by atoms with Crippen LogP contribution in [0.15, 0.2) is 18.5 Å². The molecule has 0 saturated carbocycles. The molecule has 3 nitrogen and oxygen atoms in total. The summed E-state index contributed by atoms with van der Waals surface area (Å²) in [5.41, 5.74) is 7.39. The van der Waals surface area contributed by atoms with Crippen LogP contribution in [0.1, 0.15) is 5.56 Å². The Balaban J connectivity index is 2.83. The van der Waals surface area contributed by atoms with Crippen LogP contribution in [-0.4, -0.2) is 9.97 Å². The molecule has 2 heterocycles. The minimum Gasteiger partial charge on any atom is -0.361 e. The van der Waals surface area contributed by atoms with E-state index in [-0.39, 0.29) is 0 Å². The lowest BCUT2D eigenvalue weighted by Gasteiger charge is -2.00. The smallest absolute Gasteiger partial charge is 0.135 e. The van der Waals surface area contributed by atoms with Gasteiger partial charge < -0.3 is 10.7 Å². The highest BCUT2D eigenvalue weighted by Crippen LogP contribution is 2.21. The van der Waals surface area contributed by atoms with Gasteiger partial charge in [0.05, 0.1) is 5.52 Å². The highest BCUT2D eigenvalue weighted by atomic mass is 35.5. The van der Waals surface area contributed by atoms with Crippen LogP contribution in [0.25, 0.3) is 10.9 Å². The normalized spacial score (nSPS) is 10.8. The molecule has 62 valence electrons. The number of aromatic nitrogens is 2. The highest BCUT2D eigenvalue weighted by molar-refractivity contribution is 6.31. The van der Waals surface area contributed by atoms with Crippen molar-refractivity contribution < 1.29 is 0 Å². The van der Waals surface area contributed by atoms with Crippen molar-refractivity contribution in [2.24, 2.45) is 5.73 Å². The van der Waals surface area contributed by atoms with Crippen LogP contribution in [0.5, 0.6) is 0 Å². The van der Waals surface area contributed by atoms with Crippen LogP contribution >= 0.6 is 11.6 Å². The predicted molar refractivity (Wildman–Crippen MR) is 49.0 cm³/mol. The van der Waals surface area contributed by atoms with E-state index in [1.165, 1.54) is 0 Å². The predicted octanol–water partition coefficient (Wildman–Crippen LogP) is 1.67. The van der Waals surface area contributed by atoms with E-state index in [1.807, 2.05) is 12.3 Å². The van der Waals surface area contributed by atoms with Gasteiger partial charge in [0.15, 0.2) is 0 Å². The molecule has 0 atom stereocenters. The van der Waals surface area contributed by atoms with Gasteiger partial charge in [-0.2, -0.15) is 0 Å². The van der Waals surface area contributed by atoms with E-state index in [1.54, 1.807) is 6.20 Å². The summed E-state index contributed by atoms with van der Waals surface area (Å²) in [5, 5.41) is 1.52. The van der Waals surface area contributed by atoms with Gasteiger partial charge in [-0.05, 0) is 6.07 Å². The molecule has 4 heteroatoms. The van der Waals surface area contributed by atoms with E-state index in [0.717, 1.165) is 16.5 Å². The highest BCUT2D eigenvalue weighted by Gasteiger charge is 2.05. The number of halogens is 1.